The summed E-state index contributed by atoms with van der Waals surface area (Å²) in [7, 11) is 0.602. The highest BCUT2D eigenvalue weighted by Gasteiger charge is 2.10. The Hall–Kier alpha value is -1.83. The Balaban J connectivity index is 2.73. The van der Waals surface area contributed by atoms with Gasteiger partial charge in [0.2, 0.25) is 0 Å². The quantitative estimate of drug-likeness (QED) is 0.537. The number of rotatable bonds is 8. The number of halogens is 1. The molecule has 0 radical (unpaired) electrons. The van der Waals surface area contributed by atoms with Crippen LogP contribution in [0.15, 0.2) is 23.2 Å². The van der Waals surface area contributed by atoms with E-state index in [9.17, 15) is 12.8 Å². The normalized spacial score (nSPS) is 13.4. The first-order chi connectivity index (χ1) is 11.6. The lowest BCUT2D eigenvalue weighted by molar-refractivity contribution is 0.581. The molecule has 0 aliphatic heterocycles. The Labute approximate surface area is 150 Å². The summed E-state index contributed by atoms with van der Waals surface area (Å²) in [6.45, 7) is 4.87. The maximum atomic E-state index is 14.0. The van der Waals surface area contributed by atoms with E-state index in [1.807, 2.05) is 19.9 Å². The van der Waals surface area contributed by atoms with Gasteiger partial charge >= 0.3 is 0 Å². The fourth-order valence-corrected chi connectivity index (χ4v) is 2.98. The van der Waals surface area contributed by atoms with Crippen LogP contribution in [0.3, 0.4) is 0 Å². The molecule has 25 heavy (non-hydrogen) atoms. The van der Waals surface area contributed by atoms with E-state index in [1.165, 1.54) is 12.3 Å². The van der Waals surface area contributed by atoms with E-state index in [4.69, 9.17) is 0 Å². The maximum absolute atomic E-state index is 14.0. The lowest BCUT2D eigenvalue weighted by Crippen LogP contribution is -2.42. The molecule has 1 unspecified atom stereocenters. The number of hydrogen-bond acceptors (Lipinski definition) is 4. The minimum Gasteiger partial charge on any atom is -0.375 e. The van der Waals surface area contributed by atoms with Crippen molar-refractivity contribution >= 4 is 21.5 Å². The van der Waals surface area contributed by atoms with Crippen LogP contribution in [0.25, 0.3) is 0 Å². The molecule has 0 aliphatic rings. The van der Waals surface area contributed by atoms with Crippen LogP contribution in [0, 0.1) is 5.82 Å². The van der Waals surface area contributed by atoms with Gasteiger partial charge in [-0.15, -0.1) is 0 Å². The van der Waals surface area contributed by atoms with Crippen LogP contribution < -0.4 is 15.5 Å². The smallest absolute Gasteiger partial charge is 0.191 e. The van der Waals surface area contributed by atoms with Gasteiger partial charge in [0.05, 0.1) is 18.0 Å². The summed E-state index contributed by atoms with van der Waals surface area (Å²) >= 11 is 0. The highest BCUT2D eigenvalue weighted by atomic mass is 32.2. The van der Waals surface area contributed by atoms with Crippen LogP contribution in [0.1, 0.15) is 25.8 Å². The van der Waals surface area contributed by atoms with Gasteiger partial charge in [-0.05, 0) is 38.0 Å². The van der Waals surface area contributed by atoms with E-state index in [2.05, 4.69) is 15.6 Å². The van der Waals surface area contributed by atoms with Gasteiger partial charge in [0, 0.05) is 32.9 Å². The Morgan fingerprint density at radius 2 is 2.04 bits per heavy atom. The van der Waals surface area contributed by atoms with E-state index in [1.54, 1.807) is 25.1 Å². The summed E-state index contributed by atoms with van der Waals surface area (Å²) in [6.07, 6.45) is 1.72. The number of nitrogens with one attached hydrogen (secondary N) is 2. The minimum atomic E-state index is -2.98. The van der Waals surface area contributed by atoms with E-state index in [0.717, 1.165) is 5.56 Å². The standard InChI is InChI=1S/C17H29FN4O2S/c1-6-19-17(21-13(2)9-10-25(5,23)24)20-12-14-7-8-16(22(3)4)15(18)11-14/h7-8,11,13H,6,9-10,12H2,1-5H3,(H2,19,20,21). The van der Waals surface area contributed by atoms with Crippen LogP contribution in [0.2, 0.25) is 0 Å². The summed E-state index contributed by atoms with van der Waals surface area (Å²) in [5.41, 5.74) is 1.30. The van der Waals surface area contributed by atoms with Gasteiger partial charge in [-0.2, -0.15) is 0 Å². The highest BCUT2D eigenvalue weighted by molar-refractivity contribution is 7.90. The highest BCUT2D eigenvalue weighted by Crippen LogP contribution is 2.18. The van der Waals surface area contributed by atoms with Crippen LogP contribution in [0.4, 0.5) is 10.1 Å². The molecule has 0 saturated carbocycles. The minimum absolute atomic E-state index is 0.0413. The van der Waals surface area contributed by atoms with E-state index in [0.29, 0.717) is 31.2 Å². The molecule has 0 saturated heterocycles. The van der Waals surface area contributed by atoms with Crippen LogP contribution in [-0.2, 0) is 16.4 Å². The van der Waals surface area contributed by atoms with Gasteiger partial charge in [0.15, 0.2) is 5.96 Å². The molecule has 8 heteroatoms. The van der Waals surface area contributed by atoms with Crippen molar-refractivity contribution in [2.45, 2.75) is 32.9 Å². The number of anilines is 1. The Bertz CT molecular complexity index is 690. The molecular weight excluding hydrogens is 343 g/mol. The molecule has 0 aliphatic carbocycles. The number of aliphatic imine (C=N–C) groups is 1. The first kappa shape index (κ1) is 21.2. The monoisotopic (exact) mass is 372 g/mol. The van der Waals surface area contributed by atoms with Crippen molar-refractivity contribution in [3.63, 3.8) is 0 Å². The molecule has 142 valence electrons. The summed E-state index contributed by atoms with van der Waals surface area (Å²) < 4.78 is 36.5. The lowest BCUT2D eigenvalue weighted by Gasteiger charge is -2.17. The predicted molar refractivity (Wildman–Crippen MR) is 102 cm³/mol. The summed E-state index contributed by atoms with van der Waals surface area (Å²) in [5.74, 6) is 0.426. The number of guanidine groups is 1. The average Bonchev–Trinajstić information content (AvgIpc) is 2.50. The second-order valence-corrected chi connectivity index (χ2v) is 8.60. The lowest BCUT2D eigenvalue weighted by atomic mass is 10.2. The molecule has 1 aromatic carbocycles. The largest absolute Gasteiger partial charge is 0.375 e. The molecular formula is C17H29FN4O2S. The average molecular weight is 373 g/mol. The molecule has 0 heterocycles. The predicted octanol–water partition coefficient (Wildman–Crippen LogP) is 1.77. The van der Waals surface area contributed by atoms with Gasteiger partial charge in [-0.3, -0.25) is 0 Å². The zero-order valence-corrected chi connectivity index (χ0v) is 16.5. The van der Waals surface area contributed by atoms with E-state index >= 15 is 0 Å². The molecule has 0 aromatic heterocycles. The number of hydrogen-bond donors (Lipinski definition) is 2. The molecule has 1 rings (SSSR count). The van der Waals surface area contributed by atoms with E-state index in [-0.39, 0.29) is 17.6 Å². The van der Waals surface area contributed by atoms with Crippen molar-refractivity contribution in [1.29, 1.82) is 0 Å². The third-order valence-corrected chi connectivity index (χ3v) is 4.54. The first-order valence-corrected chi connectivity index (χ1v) is 10.4. The summed E-state index contributed by atoms with van der Waals surface area (Å²) in [4.78, 5) is 6.17. The zero-order chi connectivity index (χ0) is 19.0. The van der Waals surface area contributed by atoms with Crippen molar-refractivity contribution in [3.8, 4) is 0 Å². The SMILES string of the molecule is CCNC(=NCc1ccc(N(C)C)c(F)c1)NC(C)CCS(C)(=O)=O. The number of nitrogens with zero attached hydrogens (tertiary/aromatic N) is 2. The summed E-state index contributed by atoms with van der Waals surface area (Å²) in [5, 5.41) is 6.29. The third kappa shape index (κ3) is 8.20. The Morgan fingerprint density at radius 3 is 2.56 bits per heavy atom. The Kier molecular flexibility index (Phi) is 8.15. The van der Waals surface area contributed by atoms with Crippen molar-refractivity contribution in [1.82, 2.24) is 10.6 Å². The Morgan fingerprint density at radius 1 is 1.36 bits per heavy atom. The molecule has 6 nitrogen and oxygen atoms in total. The van der Waals surface area contributed by atoms with Gasteiger partial charge < -0.3 is 15.5 Å². The maximum Gasteiger partial charge on any atom is 0.191 e. The third-order valence-electron chi connectivity index (χ3n) is 3.56. The van der Waals surface area contributed by atoms with E-state index < -0.39 is 9.84 Å². The molecule has 0 spiro atoms. The molecule has 2 N–H and O–H groups in total. The van der Waals surface area contributed by atoms with Crippen LogP contribution >= 0.6 is 0 Å². The van der Waals surface area contributed by atoms with Crippen LogP contribution in [-0.4, -0.2) is 53.1 Å². The fraction of sp³-hybridized carbons (Fsp3) is 0.588. The number of sulfone groups is 1. The van der Waals surface area contributed by atoms with Crippen LogP contribution in [0.5, 0.6) is 0 Å². The van der Waals surface area contributed by atoms with Crippen molar-refractivity contribution in [3.05, 3.63) is 29.6 Å². The second kappa shape index (κ2) is 9.60. The molecule has 0 amide bonds. The van der Waals surface area contributed by atoms with Gasteiger partial charge in [-0.25, -0.2) is 17.8 Å². The first-order valence-electron chi connectivity index (χ1n) is 8.30. The van der Waals surface area contributed by atoms with Crippen molar-refractivity contribution in [2.75, 3.05) is 37.5 Å². The van der Waals surface area contributed by atoms with Gasteiger partial charge in [0.1, 0.15) is 15.7 Å². The van der Waals surface area contributed by atoms with Gasteiger partial charge in [0.25, 0.3) is 0 Å². The molecule has 1 aromatic rings. The second-order valence-electron chi connectivity index (χ2n) is 6.34. The summed E-state index contributed by atoms with van der Waals surface area (Å²) in [6, 6.07) is 5.02. The topological polar surface area (TPSA) is 73.8 Å². The van der Waals surface area contributed by atoms with Gasteiger partial charge in [-0.1, -0.05) is 6.07 Å². The zero-order valence-electron chi connectivity index (χ0n) is 15.6. The molecule has 0 bridgehead atoms. The molecule has 0 fully saturated rings. The van der Waals surface area contributed by atoms with Crippen molar-refractivity contribution < 1.29 is 12.8 Å². The fourth-order valence-electron chi connectivity index (χ4n) is 2.20. The molecule has 1 atom stereocenters. The van der Waals surface area contributed by atoms with Crippen molar-refractivity contribution in [2.24, 2.45) is 4.99 Å². The number of benzene rings is 1.